The molecule has 0 radical (unpaired) electrons. The second-order valence-electron chi connectivity index (χ2n) is 4.19. The number of nitro benzene ring substituents is 1. The molecule has 19 heavy (non-hydrogen) atoms. The van der Waals surface area contributed by atoms with E-state index >= 15 is 0 Å². The first kappa shape index (κ1) is 13.7. The first-order valence-electron chi connectivity index (χ1n) is 5.72. The van der Waals surface area contributed by atoms with Crippen LogP contribution in [-0.2, 0) is 10.0 Å². The molecule has 1 aromatic rings. The summed E-state index contributed by atoms with van der Waals surface area (Å²) in [6.07, 6.45) is 1.63. The summed E-state index contributed by atoms with van der Waals surface area (Å²) in [5.74, 6) is 5.26. The van der Waals surface area contributed by atoms with Crippen LogP contribution in [0, 0.1) is 10.1 Å². The molecule has 2 rings (SSSR count). The minimum atomic E-state index is -3.66. The van der Waals surface area contributed by atoms with Crippen molar-refractivity contribution >= 4 is 21.4 Å². The Kier molecular flexibility index (Phi) is 3.69. The van der Waals surface area contributed by atoms with Gasteiger partial charge < -0.3 is 5.43 Å². The van der Waals surface area contributed by atoms with Gasteiger partial charge in [0, 0.05) is 25.2 Å². The summed E-state index contributed by atoms with van der Waals surface area (Å²) in [5, 5.41) is 10.7. The van der Waals surface area contributed by atoms with E-state index in [0.717, 1.165) is 25.0 Å². The lowest BCUT2D eigenvalue weighted by atomic mass is 10.3. The number of nitrogens with zero attached hydrogens (tertiary/aromatic N) is 2. The highest BCUT2D eigenvalue weighted by Gasteiger charge is 2.30. The zero-order valence-electron chi connectivity index (χ0n) is 10.1. The van der Waals surface area contributed by atoms with Crippen molar-refractivity contribution in [2.75, 3.05) is 18.5 Å². The monoisotopic (exact) mass is 286 g/mol. The molecule has 1 aliphatic heterocycles. The molecule has 0 saturated carbocycles. The predicted octanol–water partition coefficient (Wildman–Crippen LogP) is 0.665. The first-order chi connectivity index (χ1) is 8.96. The molecule has 0 unspecified atom stereocenters. The van der Waals surface area contributed by atoms with Gasteiger partial charge in [-0.25, -0.2) is 8.42 Å². The third-order valence-corrected chi connectivity index (χ3v) is 4.97. The standard InChI is InChI=1S/C10H14N4O4S/c11-12-9-7-8(14(15)16)3-4-10(9)19(17,18)13-5-1-2-6-13/h3-4,7,12H,1-2,5-6,11H2. The van der Waals surface area contributed by atoms with E-state index in [0.29, 0.717) is 13.1 Å². The number of non-ortho nitro benzene ring substituents is 1. The zero-order chi connectivity index (χ0) is 14.0. The van der Waals surface area contributed by atoms with Crippen LogP contribution in [0.1, 0.15) is 12.8 Å². The molecule has 1 saturated heterocycles. The average molecular weight is 286 g/mol. The van der Waals surface area contributed by atoms with Crippen LogP contribution in [0.3, 0.4) is 0 Å². The van der Waals surface area contributed by atoms with Crippen LogP contribution in [0.15, 0.2) is 23.1 Å². The lowest BCUT2D eigenvalue weighted by Crippen LogP contribution is -2.29. The highest BCUT2D eigenvalue weighted by molar-refractivity contribution is 7.89. The summed E-state index contributed by atoms with van der Waals surface area (Å²) in [6, 6.07) is 3.48. The summed E-state index contributed by atoms with van der Waals surface area (Å²) in [4.78, 5) is 10.0. The number of hydrogen-bond donors (Lipinski definition) is 2. The van der Waals surface area contributed by atoms with Crippen molar-refractivity contribution in [2.45, 2.75) is 17.7 Å². The first-order valence-corrected chi connectivity index (χ1v) is 7.16. The Morgan fingerprint density at radius 2 is 1.95 bits per heavy atom. The summed E-state index contributed by atoms with van der Waals surface area (Å²) >= 11 is 0. The molecular weight excluding hydrogens is 272 g/mol. The summed E-state index contributed by atoms with van der Waals surface area (Å²) < 4.78 is 26.1. The van der Waals surface area contributed by atoms with Crippen molar-refractivity contribution in [2.24, 2.45) is 5.84 Å². The molecule has 0 aliphatic carbocycles. The number of nitrogens with two attached hydrogens (primary N) is 1. The van der Waals surface area contributed by atoms with Crippen LogP contribution < -0.4 is 11.3 Å². The topological polar surface area (TPSA) is 119 Å². The van der Waals surface area contributed by atoms with Crippen molar-refractivity contribution in [1.82, 2.24) is 4.31 Å². The quantitative estimate of drug-likeness (QED) is 0.477. The molecule has 1 aromatic carbocycles. The van der Waals surface area contributed by atoms with Gasteiger partial charge in [0.1, 0.15) is 4.90 Å². The average Bonchev–Trinajstić information content (AvgIpc) is 2.92. The van der Waals surface area contributed by atoms with E-state index in [1.54, 1.807) is 0 Å². The van der Waals surface area contributed by atoms with Crippen LogP contribution in [0.5, 0.6) is 0 Å². The van der Waals surface area contributed by atoms with Crippen molar-refractivity contribution in [3.05, 3.63) is 28.3 Å². The molecule has 8 nitrogen and oxygen atoms in total. The number of anilines is 1. The number of nitrogens with one attached hydrogen (secondary N) is 1. The van der Waals surface area contributed by atoms with E-state index in [-0.39, 0.29) is 16.3 Å². The Morgan fingerprint density at radius 1 is 1.32 bits per heavy atom. The number of nitrogen functional groups attached to an aromatic ring is 1. The summed E-state index contributed by atoms with van der Waals surface area (Å²) in [7, 11) is -3.66. The minimum Gasteiger partial charge on any atom is -0.323 e. The highest BCUT2D eigenvalue weighted by atomic mass is 32.2. The fourth-order valence-electron chi connectivity index (χ4n) is 2.04. The van der Waals surface area contributed by atoms with Gasteiger partial charge in [0.25, 0.3) is 5.69 Å². The van der Waals surface area contributed by atoms with E-state index < -0.39 is 14.9 Å². The SMILES string of the molecule is NNc1cc([N+](=O)[O-])ccc1S(=O)(=O)N1CCCC1. The predicted molar refractivity (Wildman–Crippen MR) is 68.9 cm³/mol. The van der Waals surface area contributed by atoms with Gasteiger partial charge in [-0.1, -0.05) is 0 Å². The zero-order valence-corrected chi connectivity index (χ0v) is 10.9. The van der Waals surface area contributed by atoms with Gasteiger partial charge in [0.15, 0.2) is 0 Å². The Hall–Kier alpha value is -1.71. The smallest absolute Gasteiger partial charge is 0.271 e. The van der Waals surface area contributed by atoms with Crippen LogP contribution in [-0.4, -0.2) is 30.7 Å². The number of nitro groups is 1. The highest BCUT2D eigenvalue weighted by Crippen LogP contribution is 2.29. The molecule has 1 fully saturated rings. The molecule has 3 N–H and O–H groups in total. The van der Waals surface area contributed by atoms with Crippen LogP contribution in [0.2, 0.25) is 0 Å². The molecule has 0 spiro atoms. The van der Waals surface area contributed by atoms with Crippen molar-refractivity contribution in [1.29, 1.82) is 0 Å². The van der Waals surface area contributed by atoms with Gasteiger partial charge >= 0.3 is 0 Å². The van der Waals surface area contributed by atoms with E-state index in [4.69, 9.17) is 5.84 Å². The number of hydrazine groups is 1. The summed E-state index contributed by atoms with van der Waals surface area (Å²) in [6.45, 7) is 0.923. The number of rotatable bonds is 4. The van der Waals surface area contributed by atoms with Crippen molar-refractivity contribution in [3.8, 4) is 0 Å². The van der Waals surface area contributed by atoms with Gasteiger partial charge in [-0.05, 0) is 18.9 Å². The van der Waals surface area contributed by atoms with Crippen molar-refractivity contribution < 1.29 is 13.3 Å². The van der Waals surface area contributed by atoms with Crippen LogP contribution >= 0.6 is 0 Å². The van der Waals surface area contributed by atoms with E-state index in [9.17, 15) is 18.5 Å². The van der Waals surface area contributed by atoms with Crippen LogP contribution in [0.25, 0.3) is 0 Å². The van der Waals surface area contributed by atoms with Gasteiger partial charge in [-0.2, -0.15) is 4.31 Å². The van der Waals surface area contributed by atoms with E-state index in [1.807, 2.05) is 0 Å². The number of benzene rings is 1. The van der Waals surface area contributed by atoms with Crippen LogP contribution in [0.4, 0.5) is 11.4 Å². The Morgan fingerprint density at radius 3 is 2.47 bits per heavy atom. The lowest BCUT2D eigenvalue weighted by molar-refractivity contribution is -0.384. The molecule has 1 aliphatic rings. The van der Waals surface area contributed by atoms with E-state index in [2.05, 4.69) is 5.43 Å². The van der Waals surface area contributed by atoms with Gasteiger partial charge in [0.05, 0.1) is 10.6 Å². The van der Waals surface area contributed by atoms with Gasteiger partial charge in [-0.15, -0.1) is 0 Å². The molecule has 0 bridgehead atoms. The second kappa shape index (κ2) is 5.11. The minimum absolute atomic E-state index is 0.0288. The molecule has 1 heterocycles. The number of hydrogen-bond acceptors (Lipinski definition) is 6. The fourth-order valence-corrected chi connectivity index (χ4v) is 3.69. The Bertz CT molecular complexity index is 596. The van der Waals surface area contributed by atoms with E-state index in [1.165, 1.54) is 10.4 Å². The maximum absolute atomic E-state index is 12.4. The lowest BCUT2D eigenvalue weighted by Gasteiger charge is -2.17. The molecule has 0 aromatic heterocycles. The third kappa shape index (κ3) is 2.53. The molecule has 104 valence electrons. The Labute approximate surface area is 110 Å². The maximum atomic E-state index is 12.4. The maximum Gasteiger partial charge on any atom is 0.271 e. The second-order valence-corrected chi connectivity index (χ2v) is 6.10. The molecule has 0 amide bonds. The third-order valence-electron chi connectivity index (χ3n) is 3.01. The Balaban J connectivity index is 2.47. The van der Waals surface area contributed by atoms with Gasteiger partial charge in [0.2, 0.25) is 10.0 Å². The normalized spacial score (nSPS) is 16.5. The molecule has 9 heteroatoms. The number of sulfonamides is 1. The van der Waals surface area contributed by atoms with Crippen molar-refractivity contribution in [3.63, 3.8) is 0 Å². The molecular formula is C10H14N4O4S. The fraction of sp³-hybridized carbons (Fsp3) is 0.400. The largest absolute Gasteiger partial charge is 0.323 e. The molecule has 0 atom stereocenters. The summed E-state index contributed by atoms with van der Waals surface area (Å²) in [5.41, 5.74) is 2.02. The van der Waals surface area contributed by atoms with Gasteiger partial charge in [-0.3, -0.25) is 16.0 Å².